The summed E-state index contributed by atoms with van der Waals surface area (Å²) in [5.41, 5.74) is 3.14. The van der Waals surface area contributed by atoms with E-state index in [1.165, 1.54) is 5.56 Å². The average Bonchev–Trinajstić information content (AvgIpc) is 2.86. The number of carbonyl (C=O) groups excluding carboxylic acids is 1. The van der Waals surface area contributed by atoms with Gasteiger partial charge in [-0.15, -0.1) is 0 Å². The van der Waals surface area contributed by atoms with Crippen LogP contribution in [0.2, 0.25) is 0 Å². The van der Waals surface area contributed by atoms with Crippen molar-refractivity contribution in [1.29, 1.82) is 0 Å². The predicted molar refractivity (Wildman–Crippen MR) is 63.3 cm³/mol. The topological polar surface area (TPSA) is 29.1 Å². The molecule has 1 fully saturated rings. The minimum absolute atomic E-state index is 0.00611. The molecule has 1 N–H and O–H groups in total. The Morgan fingerprint density at radius 2 is 2.00 bits per heavy atom. The Labute approximate surface area is 100 Å². The van der Waals surface area contributed by atoms with Crippen LogP contribution < -0.4 is 5.32 Å². The normalized spacial score (nSPS) is 27.1. The Hall–Kier alpha value is -1.38. The van der Waals surface area contributed by atoms with E-state index in [1.54, 1.807) is 6.07 Å². The monoisotopic (exact) mass is 233 g/mol. The van der Waals surface area contributed by atoms with E-state index in [0.29, 0.717) is 6.54 Å². The highest BCUT2D eigenvalue weighted by molar-refractivity contribution is 5.82. The third-order valence-electron chi connectivity index (χ3n) is 4.12. The van der Waals surface area contributed by atoms with Crippen LogP contribution >= 0.6 is 0 Å². The van der Waals surface area contributed by atoms with E-state index in [0.717, 1.165) is 30.4 Å². The number of fused-ring (bicyclic) bond motifs is 1. The highest BCUT2D eigenvalue weighted by atomic mass is 19.1. The summed E-state index contributed by atoms with van der Waals surface area (Å²) >= 11 is 0. The molecule has 0 radical (unpaired) electrons. The van der Waals surface area contributed by atoms with Crippen LogP contribution in [0.5, 0.6) is 0 Å². The molecular weight excluding hydrogens is 217 g/mol. The van der Waals surface area contributed by atoms with Gasteiger partial charge in [0.25, 0.3) is 0 Å². The molecule has 1 heterocycles. The van der Waals surface area contributed by atoms with Crippen LogP contribution in [-0.2, 0) is 17.6 Å². The van der Waals surface area contributed by atoms with E-state index in [2.05, 4.69) is 5.32 Å². The maximum Gasteiger partial charge on any atom is 0.223 e. The number of hydrogen-bond acceptors (Lipinski definition) is 1. The SMILES string of the molecule is C[C@@H]1C(=O)NC[C@H]1c1cc2c(cc1F)CCC2. The van der Waals surface area contributed by atoms with Gasteiger partial charge in [-0.05, 0) is 42.0 Å². The molecule has 0 unspecified atom stereocenters. The van der Waals surface area contributed by atoms with Gasteiger partial charge in [0, 0.05) is 18.4 Å². The Morgan fingerprint density at radius 3 is 2.65 bits per heavy atom. The first-order valence-electron chi connectivity index (χ1n) is 6.25. The largest absolute Gasteiger partial charge is 0.355 e. The second-order valence-electron chi connectivity index (χ2n) is 5.14. The van der Waals surface area contributed by atoms with Gasteiger partial charge in [0.05, 0.1) is 0 Å². The fourth-order valence-electron chi connectivity index (χ4n) is 3.01. The third-order valence-corrected chi connectivity index (χ3v) is 4.12. The second-order valence-corrected chi connectivity index (χ2v) is 5.14. The van der Waals surface area contributed by atoms with Crippen LogP contribution in [0, 0.1) is 11.7 Å². The highest BCUT2D eigenvalue weighted by Gasteiger charge is 2.34. The Kier molecular flexibility index (Phi) is 2.42. The van der Waals surface area contributed by atoms with Crippen LogP contribution in [0.4, 0.5) is 4.39 Å². The summed E-state index contributed by atoms with van der Waals surface area (Å²) in [5.74, 6) is -0.230. The summed E-state index contributed by atoms with van der Waals surface area (Å²) < 4.78 is 14.1. The number of benzene rings is 1. The van der Waals surface area contributed by atoms with E-state index in [1.807, 2.05) is 13.0 Å². The lowest BCUT2D eigenvalue weighted by Gasteiger charge is -2.15. The summed E-state index contributed by atoms with van der Waals surface area (Å²) in [5, 5.41) is 2.81. The van der Waals surface area contributed by atoms with E-state index >= 15 is 0 Å². The molecule has 0 aromatic heterocycles. The molecule has 2 aliphatic rings. The summed E-state index contributed by atoms with van der Waals surface area (Å²) in [6.45, 7) is 2.44. The smallest absolute Gasteiger partial charge is 0.223 e. The van der Waals surface area contributed by atoms with Gasteiger partial charge < -0.3 is 5.32 Å². The number of rotatable bonds is 1. The lowest BCUT2D eigenvalue weighted by molar-refractivity contribution is -0.122. The number of aryl methyl sites for hydroxylation is 2. The molecular formula is C14H16FNO. The average molecular weight is 233 g/mol. The summed E-state index contributed by atoms with van der Waals surface area (Å²) in [6, 6.07) is 3.66. The minimum Gasteiger partial charge on any atom is -0.355 e. The third kappa shape index (κ3) is 1.65. The van der Waals surface area contributed by atoms with Crippen molar-refractivity contribution < 1.29 is 9.18 Å². The molecule has 0 bridgehead atoms. The highest BCUT2D eigenvalue weighted by Crippen LogP contribution is 2.34. The second kappa shape index (κ2) is 3.83. The summed E-state index contributed by atoms with van der Waals surface area (Å²) in [7, 11) is 0. The molecule has 2 nitrogen and oxygen atoms in total. The standard InChI is InChI=1S/C14H16FNO/c1-8-12(7-16-14(8)17)11-5-9-3-2-4-10(9)6-13(11)15/h5-6,8,12H,2-4,7H2,1H3,(H,16,17)/t8-,12+/m0/s1. The molecule has 3 heteroatoms. The predicted octanol–water partition coefficient (Wildman–Crippen LogP) is 2.16. The molecule has 0 saturated carbocycles. The zero-order valence-corrected chi connectivity index (χ0v) is 9.92. The number of nitrogens with one attached hydrogen (secondary N) is 1. The Bertz CT molecular complexity index is 483. The maximum absolute atomic E-state index is 14.1. The van der Waals surface area contributed by atoms with Gasteiger partial charge in [0.15, 0.2) is 0 Å². The van der Waals surface area contributed by atoms with Crippen LogP contribution in [0.25, 0.3) is 0 Å². The van der Waals surface area contributed by atoms with Gasteiger partial charge in [-0.25, -0.2) is 4.39 Å². The molecule has 1 aromatic carbocycles. The van der Waals surface area contributed by atoms with Crippen molar-refractivity contribution in [1.82, 2.24) is 5.32 Å². The first kappa shape index (κ1) is 10.8. The summed E-state index contributed by atoms with van der Waals surface area (Å²) in [6.07, 6.45) is 3.16. The van der Waals surface area contributed by atoms with Crippen LogP contribution in [0.3, 0.4) is 0 Å². The van der Waals surface area contributed by atoms with E-state index < -0.39 is 0 Å². The molecule has 17 heavy (non-hydrogen) atoms. The van der Waals surface area contributed by atoms with Crippen molar-refractivity contribution in [2.24, 2.45) is 5.92 Å². The van der Waals surface area contributed by atoms with Crippen LogP contribution in [-0.4, -0.2) is 12.5 Å². The molecule has 2 atom stereocenters. The number of carbonyl (C=O) groups is 1. The maximum atomic E-state index is 14.1. The van der Waals surface area contributed by atoms with Crippen LogP contribution in [0.15, 0.2) is 12.1 Å². The fraction of sp³-hybridized carbons (Fsp3) is 0.500. The van der Waals surface area contributed by atoms with Crippen molar-refractivity contribution in [3.8, 4) is 0 Å². The van der Waals surface area contributed by atoms with E-state index in [-0.39, 0.29) is 23.6 Å². The van der Waals surface area contributed by atoms with Crippen molar-refractivity contribution in [3.63, 3.8) is 0 Å². The van der Waals surface area contributed by atoms with E-state index in [9.17, 15) is 9.18 Å². The van der Waals surface area contributed by atoms with Gasteiger partial charge in [0.2, 0.25) is 5.91 Å². The molecule has 90 valence electrons. The van der Waals surface area contributed by atoms with Crippen molar-refractivity contribution in [3.05, 3.63) is 34.6 Å². The number of amides is 1. The minimum atomic E-state index is -0.140. The molecule has 1 aliphatic heterocycles. The fourth-order valence-corrected chi connectivity index (χ4v) is 3.01. The van der Waals surface area contributed by atoms with Crippen molar-refractivity contribution in [2.45, 2.75) is 32.1 Å². The molecule has 1 amide bonds. The number of halogens is 1. The van der Waals surface area contributed by atoms with Gasteiger partial charge >= 0.3 is 0 Å². The quantitative estimate of drug-likeness (QED) is 0.791. The van der Waals surface area contributed by atoms with Gasteiger partial charge in [-0.1, -0.05) is 13.0 Å². The molecule has 1 saturated heterocycles. The zero-order chi connectivity index (χ0) is 12.0. The summed E-state index contributed by atoms with van der Waals surface area (Å²) in [4.78, 5) is 11.5. The first-order chi connectivity index (χ1) is 8.16. The number of hydrogen-bond donors (Lipinski definition) is 1. The van der Waals surface area contributed by atoms with Gasteiger partial charge in [0.1, 0.15) is 5.82 Å². The Morgan fingerprint density at radius 1 is 1.29 bits per heavy atom. The lowest BCUT2D eigenvalue weighted by atomic mass is 9.88. The molecule has 1 aliphatic carbocycles. The molecule has 0 spiro atoms. The van der Waals surface area contributed by atoms with Gasteiger partial charge in [-0.2, -0.15) is 0 Å². The van der Waals surface area contributed by atoms with Crippen molar-refractivity contribution in [2.75, 3.05) is 6.54 Å². The van der Waals surface area contributed by atoms with Crippen LogP contribution in [0.1, 0.15) is 36.0 Å². The zero-order valence-electron chi connectivity index (χ0n) is 9.92. The first-order valence-corrected chi connectivity index (χ1v) is 6.25. The molecule has 1 aromatic rings. The van der Waals surface area contributed by atoms with Gasteiger partial charge in [-0.3, -0.25) is 4.79 Å². The van der Waals surface area contributed by atoms with Crippen molar-refractivity contribution >= 4 is 5.91 Å². The Balaban J connectivity index is 2.01. The van der Waals surface area contributed by atoms with E-state index in [4.69, 9.17) is 0 Å². The molecule has 3 rings (SSSR count). The lowest BCUT2D eigenvalue weighted by Crippen LogP contribution is -2.17.